The summed E-state index contributed by atoms with van der Waals surface area (Å²) in [5.41, 5.74) is 1.28. The number of nitrogens with zero attached hydrogens (tertiary/aromatic N) is 6. The molecule has 0 spiro atoms. The minimum Gasteiger partial charge on any atom is -0.475 e. The Morgan fingerprint density at radius 3 is 3.14 bits per heavy atom. The Kier molecular flexibility index (Phi) is 2.54. The van der Waals surface area contributed by atoms with Crippen molar-refractivity contribution >= 4 is 0 Å². The lowest BCUT2D eigenvalue weighted by Gasteiger charge is -2.19. The standard InChI is InChI=1S/C12H12N6O3/c1-17-4-7(3-13-17)11-14-12(21-16-11)9-2-10-18(15-9)5-8(19)6-20-10/h2-4,8,19H,5-6H2,1H3. The van der Waals surface area contributed by atoms with Gasteiger partial charge in [0.25, 0.3) is 5.89 Å². The highest BCUT2D eigenvalue weighted by Crippen LogP contribution is 2.26. The molecule has 21 heavy (non-hydrogen) atoms. The summed E-state index contributed by atoms with van der Waals surface area (Å²) in [6, 6.07) is 1.71. The molecule has 4 rings (SSSR count). The maximum absolute atomic E-state index is 9.54. The lowest BCUT2D eigenvalue weighted by molar-refractivity contribution is 0.0558. The topological polar surface area (TPSA) is 104 Å². The van der Waals surface area contributed by atoms with Crippen LogP contribution >= 0.6 is 0 Å². The van der Waals surface area contributed by atoms with Crippen LogP contribution in [0.25, 0.3) is 23.0 Å². The van der Waals surface area contributed by atoms with E-state index in [9.17, 15) is 5.11 Å². The smallest absolute Gasteiger partial charge is 0.278 e. The first-order valence-corrected chi connectivity index (χ1v) is 6.41. The Hall–Kier alpha value is -2.68. The van der Waals surface area contributed by atoms with Crippen molar-refractivity contribution in [1.82, 2.24) is 29.7 Å². The molecule has 108 valence electrons. The van der Waals surface area contributed by atoms with Crippen LogP contribution in [0.2, 0.25) is 0 Å². The lowest BCUT2D eigenvalue weighted by atomic mass is 10.3. The van der Waals surface area contributed by atoms with E-state index < -0.39 is 6.10 Å². The Morgan fingerprint density at radius 1 is 1.43 bits per heavy atom. The normalized spacial score (nSPS) is 17.5. The van der Waals surface area contributed by atoms with Crippen molar-refractivity contribution < 1.29 is 14.4 Å². The number of aryl methyl sites for hydroxylation is 1. The third-order valence-electron chi connectivity index (χ3n) is 3.16. The van der Waals surface area contributed by atoms with Crippen molar-refractivity contribution in [3.8, 4) is 28.9 Å². The number of hydrogen-bond donors (Lipinski definition) is 1. The second kappa shape index (κ2) is 4.42. The Morgan fingerprint density at radius 2 is 2.33 bits per heavy atom. The van der Waals surface area contributed by atoms with Gasteiger partial charge in [-0.05, 0) is 0 Å². The molecule has 0 saturated heterocycles. The fraction of sp³-hybridized carbons (Fsp3) is 0.333. The number of aliphatic hydroxyl groups excluding tert-OH is 1. The molecule has 9 nitrogen and oxygen atoms in total. The van der Waals surface area contributed by atoms with Gasteiger partial charge in [0.1, 0.15) is 12.7 Å². The van der Waals surface area contributed by atoms with Gasteiger partial charge in [-0.15, -0.1) is 0 Å². The zero-order valence-electron chi connectivity index (χ0n) is 11.2. The van der Waals surface area contributed by atoms with E-state index in [2.05, 4.69) is 20.3 Å². The summed E-state index contributed by atoms with van der Waals surface area (Å²) >= 11 is 0. The summed E-state index contributed by atoms with van der Waals surface area (Å²) in [4.78, 5) is 4.30. The van der Waals surface area contributed by atoms with Gasteiger partial charge in [0.15, 0.2) is 5.69 Å². The van der Waals surface area contributed by atoms with E-state index in [1.54, 1.807) is 27.8 Å². The summed E-state index contributed by atoms with van der Waals surface area (Å²) in [5.74, 6) is 1.33. The van der Waals surface area contributed by atoms with E-state index >= 15 is 0 Å². The number of fused-ring (bicyclic) bond motifs is 1. The molecule has 1 N–H and O–H groups in total. The SMILES string of the molecule is Cn1cc(-c2noc(-c3cc4n(n3)CC(O)CO4)n2)cn1. The molecule has 1 atom stereocenters. The van der Waals surface area contributed by atoms with Crippen LogP contribution in [0, 0.1) is 0 Å². The van der Waals surface area contributed by atoms with Gasteiger partial charge in [0, 0.05) is 19.3 Å². The summed E-state index contributed by atoms with van der Waals surface area (Å²) in [5, 5.41) is 21.8. The second-order valence-corrected chi connectivity index (χ2v) is 4.84. The third kappa shape index (κ3) is 2.07. The summed E-state index contributed by atoms with van der Waals surface area (Å²) < 4.78 is 13.9. The monoisotopic (exact) mass is 288 g/mol. The Labute approximate surface area is 118 Å². The first kappa shape index (κ1) is 12.1. The highest BCUT2D eigenvalue weighted by atomic mass is 16.5. The maximum Gasteiger partial charge on any atom is 0.278 e. The lowest BCUT2D eigenvalue weighted by Crippen LogP contribution is -2.29. The molecule has 1 aliphatic heterocycles. The average molecular weight is 288 g/mol. The van der Waals surface area contributed by atoms with Crippen LogP contribution in [-0.2, 0) is 13.6 Å². The van der Waals surface area contributed by atoms with Crippen LogP contribution in [0.15, 0.2) is 23.0 Å². The maximum atomic E-state index is 9.54. The largest absolute Gasteiger partial charge is 0.475 e. The zero-order chi connectivity index (χ0) is 14.4. The van der Waals surface area contributed by atoms with Crippen molar-refractivity contribution in [2.75, 3.05) is 6.61 Å². The zero-order valence-corrected chi connectivity index (χ0v) is 11.2. The number of aromatic nitrogens is 6. The number of hydrogen-bond acceptors (Lipinski definition) is 7. The third-order valence-corrected chi connectivity index (χ3v) is 3.16. The fourth-order valence-electron chi connectivity index (χ4n) is 2.17. The molecule has 0 bridgehead atoms. The van der Waals surface area contributed by atoms with Gasteiger partial charge in [0.05, 0.1) is 18.3 Å². The number of rotatable bonds is 2. The van der Waals surface area contributed by atoms with Crippen molar-refractivity contribution in [2.45, 2.75) is 12.6 Å². The molecule has 0 saturated carbocycles. The molecule has 1 unspecified atom stereocenters. The quantitative estimate of drug-likeness (QED) is 0.712. The van der Waals surface area contributed by atoms with Crippen molar-refractivity contribution in [1.29, 1.82) is 0 Å². The predicted octanol–water partition coefficient (Wildman–Crippen LogP) is 0.0869. The molecule has 0 radical (unpaired) electrons. The number of ether oxygens (including phenoxy) is 1. The molecular weight excluding hydrogens is 276 g/mol. The molecule has 0 aromatic carbocycles. The Balaban J connectivity index is 1.67. The van der Waals surface area contributed by atoms with Crippen LogP contribution < -0.4 is 4.74 Å². The summed E-state index contributed by atoms with van der Waals surface area (Å²) in [7, 11) is 1.82. The van der Waals surface area contributed by atoms with Crippen LogP contribution in [0.5, 0.6) is 5.88 Å². The minimum absolute atomic E-state index is 0.260. The molecule has 3 aromatic heterocycles. The van der Waals surface area contributed by atoms with Crippen molar-refractivity contribution in [2.24, 2.45) is 7.05 Å². The van der Waals surface area contributed by atoms with E-state index in [1.165, 1.54) is 0 Å². The first-order valence-electron chi connectivity index (χ1n) is 6.41. The van der Waals surface area contributed by atoms with Crippen LogP contribution in [0.4, 0.5) is 0 Å². The number of aliphatic hydroxyl groups is 1. The molecule has 3 aromatic rings. The van der Waals surface area contributed by atoms with Crippen LogP contribution in [-0.4, -0.2) is 47.5 Å². The highest BCUT2D eigenvalue weighted by Gasteiger charge is 2.22. The first-order chi connectivity index (χ1) is 10.2. The van der Waals surface area contributed by atoms with E-state index in [-0.39, 0.29) is 6.61 Å². The van der Waals surface area contributed by atoms with Gasteiger partial charge in [0.2, 0.25) is 11.7 Å². The highest BCUT2D eigenvalue weighted by molar-refractivity contribution is 5.56. The second-order valence-electron chi connectivity index (χ2n) is 4.84. The minimum atomic E-state index is -0.557. The molecule has 0 aliphatic carbocycles. The van der Waals surface area contributed by atoms with Crippen LogP contribution in [0.3, 0.4) is 0 Å². The van der Waals surface area contributed by atoms with Gasteiger partial charge in [-0.3, -0.25) is 4.68 Å². The summed E-state index contributed by atoms with van der Waals surface area (Å²) in [6.45, 7) is 0.648. The van der Waals surface area contributed by atoms with Gasteiger partial charge in [-0.2, -0.15) is 15.2 Å². The molecule has 4 heterocycles. The van der Waals surface area contributed by atoms with Crippen LogP contribution in [0.1, 0.15) is 0 Å². The van der Waals surface area contributed by atoms with Gasteiger partial charge in [-0.1, -0.05) is 5.16 Å². The van der Waals surface area contributed by atoms with Gasteiger partial charge < -0.3 is 14.4 Å². The van der Waals surface area contributed by atoms with Crippen molar-refractivity contribution in [3.63, 3.8) is 0 Å². The van der Waals surface area contributed by atoms with Gasteiger partial charge >= 0.3 is 0 Å². The van der Waals surface area contributed by atoms with E-state index in [1.807, 2.05) is 7.05 Å². The molecule has 9 heteroatoms. The molecule has 1 aliphatic rings. The molecule has 0 fully saturated rings. The van der Waals surface area contributed by atoms with Crippen molar-refractivity contribution in [3.05, 3.63) is 18.5 Å². The molecule has 0 amide bonds. The summed E-state index contributed by atoms with van der Waals surface area (Å²) in [6.07, 6.45) is 2.90. The van der Waals surface area contributed by atoms with E-state index in [4.69, 9.17) is 9.26 Å². The average Bonchev–Trinajstić information content (AvgIpc) is 3.14. The van der Waals surface area contributed by atoms with Gasteiger partial charge in [-0.25, -0.2) is 4.68 Å². The molecular formula is C12H12N6O3. The fourth-order valence-corrected chi connectivity index (χ4v) is 2.17. The predicted molar refractivity (Wildman–Crippen MR) is 69.2 cm³/mol. The van der Waals surface area contributed by atoms with E-state index in [0.29, 0.717) is 29.8 Å². The van der Waals surface area contributed by atoms with E-state index in [0.717, 1.165) is 5.56 Å². The Bertz CT molecular complexity index is 789.